The Kier molecular flexibility index (Phi) is 5.43. The van der Waals surface area contributed by atoms with Gasteiger partial charge in [-0.2, -0.15) is 0 Å². The number of aromatic carboxylic acids is 1. The Balaban J connectivity index is 2.41. The zero-order chi connectivity index (χ0) is 18.6. The monoisotopic (exact) mass is 349 g/mol. The third-order valence-corrected chi connectivity index (χ3v) is 3.39. The van der Waals surface area contributed by atoms with Gasteiger partial charge in [-0.15, -0.1) is 0 Å². The number of amides is 1. The molecule has 8 heteroatoms. The maximum absolute atomic E-state index is 13.2. The topological polar surface area (TPSA) is 94.1 Å². The number of carboxylic acid groups (broad SMARTS) is 1. The van der Waals surface area contributed by atoms with Crippen LogP contribution in [0.1, 0.15) is 20.7 Å². The highest BCUT2D eigenvalue weighted by Gasteiger charge is 2.19. The Morgan fingerprint density at radius 2 is 1.60 bits per heavy atom. The van der Waals surface area contributed by atoms with E-state index in [9.17, 15) is 14.0 Å². The van der Waals surface area contributed by atoms with Gasteiger partial charge in [0.15, 0.2) is 11.5 Å². The third kappa shape index (κ3) is 3.79. The van der Waals surface area contributed by atoms with E-state index in [0.717, 1.165) is 12.1 Å². The van der Waals surface area contributed by atoms with Crippen LogP contribution >= 0.6 is 0 Å². The first-order valence-corrected chi connectivity index (χ1v) is 7.05. The van der Waals surface area contributed by atoms with Gasteiger partial charge < -0.3 is 24.6 Å². The van der Waals surface area contributed by atoms with Gasteiger partial charge in [-0.3, -0.25) is 4.79 Å². The van der Waals surface area contributed by atoms with E-state index in [4.69, 9.17) is 19.3 Å². The molecule has 0 aliphatic heterocycles. The van der Waals surface area contributed by atoms with Gasteiger partial charge in [-0.1, -0.05) is 0 Å². The molecule has 2 aromatic carbocycles. The number of rotatable bonds is 6. The lowest BCUT2D eigenvalue weighted by molar-refractivity contribution is 0.0697. The molecular weight excluding hydrogens is 333 g/mol. The molecule has 0 aliphatic rings. The van der Waals surface area contributed by atoms with Crippen molar-refractivity contribution in [2.24, 2.45) is 0 Å². The first kappa shape index (κ1) is 18.1. The standard InChI is InChI=1S/C17H16FNO6/c1-23-13-6-9(7-14(24-2)15(13)25-3)16(20)19-12-5-4-10(18)8-11(12)17(21)22/h4-8H,1-3H3,(H,19,20)(H,21,22). The van der Waals surface area contributed by atoms with Crippen LogP contribution in [0.3, 0.4) is 0 Å². The summed E-state index contributed by atoms with van der Waals surface area (Å²) in [6.07, 6.45) is 0. The minimum absolute atomic E-state index is 0.0346. The fourth-order valence-electron chi connectivity index (χ4n) is 2.21. The van der Waals surface area contributed by atoms with E-state index in [2.05, 4.69) is 5.32 Å². The van der Waals surface area contributed by atoms with Gasteiger partial charge in [-0.05, 0) is 30.3 Å². The number of anilines is 1. The largest absolute Gasteiger partial charge is 0.493 e. The zero-order valence-corrected chi connectivity index (χ0v) is 13.8. The molecule has 0 unspecified atom stereocenters. The van der Waals surface area contributed by atoms with E-state index >= 15 is 0 Å². The second-order valence-corrected chi connectivity index (χ2v) is 4.86. The SMILES string of the molecule is COc1cc(C(=O)Nc2ccc(F)cc2C(=O)O)cc(OC)c1OC. The second-order valence-electron chi connectivity index (χ2n) is 4.86. The molecule has 0 radical (unpaired) electrons. The average Bonchev–Trinajstić information content (AvgIpc) is 2.61. The Bertz CT molecular complexity index is 796. The summed E-state index contributed by atoms with van der Waals surface area (Å²) in [5, 5.41) is 11.6. The smallest absolute Gasteiger partial charge is 0.337 e. The van der Waals surface area contributed by atoms with Crippen molar-refractivity contribution in [3.8, 4) is 17.2 Å². The first-order chi connectivity index (χ1) is 11.9. The van der Waals surface area contributed by atoms with E-state index in [1.54, 1.807) is 0 Å². The van der Waals surface area contributed by atoms with E-state index in [0.29, 0.717) is 5.75 Å². The number of benzene rings is 2. The van der Waals surface area contributed by atoms with Gasteiger partial charge in [0.25, 0.3) is 5.91 Å². The Hall–Kier alpha value is -3.29. The molecule has 0 atom stereocenters. The third-order valence-electron chi connectivity index (χ3n) is 3.39. The Morgan fingerprint density at radius 3 is 2.08 bits per heavy atom. The van der Waals surface area contributed by atoms with Crippen molar-refractivity contribution in [2.45, 2.75) is 0 Å². The Labute approximate surface area is 142 Å². The van der Waals surface area contributed by atoms with Gasteiger partial charge >= 0.3 is 5.97 Å². The van der Waals surface area contributed by atoms with Crippen LogP contribution in [0.2, 0.25) is 0 Å². The van der Waals surface area contributed by atoms with Crippen molar-refractivity contribution in [3.63, 3.8) is 0 Å². The first-order valence-electron chi connectivity index (χ1n) is 7.05. The minimum Gasteiger partial charge on any atom is -0.493 e. The van der Waals surface area contributed by atoms with Crippen LogP contribution < -0.4 is 19.5 Å². The zero-order valence-electron chi connectivity index (χ0n) is 13.8. The normalized spacial score (nSPS) is 10.1. The molecule has 0 saturated carbocycles. The molecule has 0 spiro atoms. The number of hydrogen-bond acceptors (Lipinski definition) is 5. The average molecular weight is 349 g/mol. The van der Waals surface area contributed by atoms with Crippen LogP contribution in [-0.4, -0.2) is 38.3 Å². The maximum atomic E-state index is 13.2. The summed E-state index contributed by atoms with van der Waals surface area (Å²) in [6, 6.07) is 5.89. The van der Waals surface area contributed by atoms with Crippen molar-refractivity contribution in [3.05, 3.63) is 47.3 Å². The van der Waals surface area contributed by atoms with Crippen molar-refractivity contribution in [1.82, 2.24) is 0 Å². The van der Waals surface area contributed by atoms with Crippen LogP contribution in [0.4, 0.5) is 10.1 Å². The molecule has 0 saturated heterocycles. The maximum Gasteiger partial charge on any atom is 0.337 e. The van der Waals surface area contributed by atoms with Crippen LogP contribution in [0.25, 0.3) is 0 Å². The van der Waals surface area contributed by atoms with Crippen molar-refractivity contribution < 1.29 is 33.3 Å². The fraction of sp³-hybridized carbons (Fsp3) is 0.176. The quantitative estimate of drug-likeness (QED) is 0.833. The summed E-state index contributed by atoms with van der Waals surface area (Å²) < 4.78 is 28.7. The predicted molar refractivity (Wildman–Crippen MR) is 87.4 cm³/mol. The molecular formula is C17H16FNO6. The van der Waals surface area contributed by atoms with Crippen molar-refractivity contribution in [2.75, 3.05) is 26.6 Å². The molecule has 132 valence electrons. The molecule has 2 N–H and O–H groups in total. The van der Waals surface area contributed by atoms with Gasteiger partial charge in [0, 0.05) is 5.56 Å². The van der Waals surface area contributed by atoms with E-state index in [1.807, 2.05) is 0 Å². The van der Waals surface area contributed by atoms with E-state index in [1.165, 1.54) is 39.5 Å². The Morgan fingerprint density at radius 1 is 1.00 bits per heavy atom. The number of methoxy groups -OCH3 is 3. The van der Waals surface area contributed by atoms with E-state index in [-0.39, 0.29) is 28.3 Å². The number of carbonyl (C=O) groups excluding carboxylic acids is 1. The molecule has 1 amide bonds. The summed E-state index contributed by atoms with van der Waals surface area (Å²) in [4.78, 5) is 23.7. The highest BCUT2D eigenvalue weighted by atomic mass is 19.1. The number of carbonyl (C=O) groups is 2. The highest BCUT2D eigenvalue weighted by Crippen LogP contribution is 2.38. The molecule has 2 aromatic rings. The molecule has 25 heavy (non-hydrogen) atoms. The van der Waals surface area contributed by atoms with Gasteiger partial charge in [0.2, 0.25) is 5.75 Å². The summed E-state index contributed by atoms with van der Waals surface area (Å²) in [7, 11) is 4.24. The van der Waals surface area contributed by atoms with Gasteiger partial charge in [0.05, 0.1) is 32.6 Å². The molecule has 0 bridgehead atoms. The minimum atomic E-state index is -1.36. The van der Waals surface area contributed by atoms with Crippen LogP contribution in [0, 0.1) is 5.82 Å². The molecule has 7 nitrogen and oxygen atoms in total. The number of nitrogens with one attached hydrogen (secondary N) is 1. The molecule has 2 rings (SSSR count). The van der Waals surface area contributed by atoms with Crippen LogP contribution in [0.15, 0.2) is 30.3 Å². The van der Waals surface area contributed by atoms with Crippen LogP contribution in [0.5, 0.6) is 17.2 Å². The summed E-state index contributed by atoms with van der Waals surface area (Å²) in [6.45, 7) is 0. The van der Waals surface area contributed by atoms with Gasteiger partial charge in [-0.25, -0.2) is 9.18 Å². The molecule has 0 heterocycles. The number of halogens is 1. The lowest BCUT2D eigenvalue weighted by Crippen LogP contribution is -2.15. The molecule has 0 aliphatic carbocycles. The summed E-state index contributed by atoms with van der Waals surface area (Å²) in [5.74, 6) is -1.85. The van der Waals surface area contributed by atoms with Crippen molar-refractivity contribution in [1.29, 1.82) is 0 Å². The highest BCUT2D eigenvalue weighted by molar-refractivity contribution is 6.08. The lowest BCUT2D eigenvalue weighted by Gasteiger charge is -2.14. The number of carboxylic acids is 1. The molecule has 0 fully saturated rings. The van der Waals surface area contributed by atoms with E-state index < -0.39 is 17.7 Å². The fourth-order valence-corrected chi connectivity index (χ4v) is 2.21. The summed E-state index contributed by atoms with van der Waals surface area (Å²) in [5.41, 5.74) is -0.247. The second kappa shape index (κ2) is 7.52. The summed E-state index contributed by atoms with van der Waals surface area (Å²) >= 11 is 0. The van der Waals surface area contributed by atoms with Crippen LogP contribution in [-0.2, 0) is 0 Å². The van der Waals surface area contributed by atoms with Crippen molar-refractivity contribution >= 4 is 17.6 Å². The molecule has 0 aromatic heterocycles. The lowest BCUT2D eigenvalue weighted by atomic mass is 10.1. The number of hydrogen-bond donors (Lipinski definition) is 2. The predicted octanol–water partition coefficient (Wildman–Crippen LogP) is 2.80. The number of ether oxygens (including phenoxy) is 3. The van der Waals surface area contributed by atoms with Gasteiger partial charge in [0.1, 0.15) is 5.82 Å².